The first-order valence-corrected chi connectivity index (χ1v) is 7.28. The third-order valence-electron chi connectivity index (χ3n) is 3.52. The third-order valence-corrected chi connectivity index (χ3v) is 3.52. The summed E-state index contributed by atoms with van der Waals surface area (Å²) in [6, 6.07) is 18.0. The van der Waals surface area contributed by atoms with Crippen molar-refractivity contribution in [3.63, 3.8) is 0 Å². The second kappa shape index (κ2) is 6.78. The zero-order valence-corrected chi connectivity index (χ0v) is 13.0. The molecule has 0 fully saturated rings. The minimum Gasteiger partial charge on any atom is -0.497 e. The molecule has 6 nitrogen and oxygen atoms in total. The van der Waals surface area contributed by atoms with Gasteiger partial charge >= 0.3 is 5.69 Å². The van der Waals surface area contributed by atoms with Crippen LogP contribution in [0.15, 0.2) is 66.9 Å². The molecule has 2 aromatic carbocycles. The summed E-state index contributed by atoms with van der Waals surface area (Å²) in [5.74, 6) is 0.937. The van der Waals surface area contributed by atoms with E-state index < -0.39 is 4.92 Å². The summed E-state index contributed by atoms with van der Waals surface area (Å²) in [5.41, 5.74) is 2.16. The van der Waals surface area contributed by atoms with Gasteiger partial charge in [0.2, 0.25) is 5.82 Å². The molecule has 3 rings (SSSR count). The number of hydrogen-bond donors (Lipinski definition) is 1. The number of ether oxygens (including phenoxy) is 1. The molecule has 0 amide bonds. The Morgan fingerprint density at radius 2 is 1.75 bits per heavy atom. The number of methoxy groups -OCH3 is 1. The molecule has 0 spiro atoms. The Kier molecular flexibility index (Phi) is 4.38. The molecule has 1 N–H and O–H groups in total. The van der Waals surface area contributed by atoms with Gasteiger partial charge in [0, 0.05) is 23.5 Å². The molecule has 0 atom stereocenters. The van der Waals surface area contributed by atoms with Crippen LogP contribution in [0.5, 0.6) is 5.75 Å². The van der Waals surface area contributed by atoms with Crippen molar-refractivity contribution >= 4 is 17.2 Å². The van der Waals surface area contributed by atoms with Crippen LogP contribution in [0.4, 0.5) is 17.2 Å². The third kappa shape index (κ3) is 3.33. The maximum Gasteiger partial charge on any atom is 0.312 e. The topological polar surface area (TPSA) is 77.3 Å². The molecular weight excluding hydrogens is 306 g/mol. The Balaban J connectivity index is 1.96. The molecule has 1 aromatic heterocycles. The minimum absolute atomic E-state index is 0.0767. The summed E-state index contributed by atoms with van der Waals surface area (Å²) in [6.07, 6.45) is 1.61. The number of rotatable bonds is 5. The molecule has 0 aliphatic rings. The van der Waals surface area contributed by atoms with E-state index in [9.17, 15) is 10.1 Å². The SMILES string of the molecule is COc1ccc(-c2cnc(Nc3ccccc3)c([N+](=O)[O-])c2)cc1. The molecule has 0 unspecified atom stereocenters. The molecule has 0 bridgehead atoms. The van der Waals surface area contributed by atoms with Crippen LogP contribution in [0.1, 0.15) is 0 Å². The lowest BCUT2D eigenvalue weighted by molar-refractivity contribution is -0.384. The molecule has 6 heteroatoms. The highest BCUT2D eigenvalue weighted by Crippen LogP contribution is 2.31. The van der Waals surface area contributed by atoms with Gasteiger partial charge in [-0.25, -0.2) is 4.98 Å². The van der Waals surface area contributed by atoms with Gasteiger partial charge in [-0.05, 0) is 29.8 Å². The Morgan fingerprint density at radius 3 is 2.38 bits per heavy atom. The monoisotopic (exact) mass is 321 g/mol. The average molecular weight is 321 g/mol. The van der Waals surface area contributed by atoms with Gasteiger partial charge < -0.3 is 10.1 Å². The molecule has 3 aromatic rings. The first-order valence-electron chi connectivity index (χ1n) is 7.28. The number of hydrogen-bond acceptors (Lipinski definition) is 5. The van der Waals surface area contributed by atoms with E-state index in [4.69, 9.17) is 4.74 Å². The van der Waals surface area contributed by atoms with Crippen LogP contribution in [-0.2, 0) is 0 Å². The Bertz CT molecular complexity index is 849. The average Bonchev–Trinajstić information content (AvgIpc) is 2.63. The molecule has 1 heterocycles. The number of para-hydroxylation sites is 1. The van der Waals surface area contributed by atoms with Gasteiger partial charge in [0.1, 0.15) is 5.75 Å². The lowest BCUT2D eigenvalue weighted by Crippen LogP contribution is -2.00. The van der Waals surface area contributed by atoms with Crippen molar-refractivity contribution in [2.24, 2.45) is 0 Å². The number of nitrogens with zero attached hydrogens (tertiary/aromatic N) is 2. The number of anilines is 2. The van der Waals surface area contributed by atoms with Crippen molar-refractivity contribution in [2.45, 2.75) is 0 Å². The zero-order chi connectivity index (χ0) is 16.9. The van der Waals surface area contributed by atoms with E-state index in [0.29, 0.717) is 5.56 Å². The van der Waals surface area contributed by atoms with E-state index in [0.717, 1.165) is 17.0 Å². The number of benzene rings is 2. The molecule has 0 saturated heterocycles. The van der Waals surface area contributed by atoms with Gasteiger partial charge in [-0.15, -0.1) is 0 Å². The van der Waals surface area contributed by atoms with Crippen LogP contribution < -0.4 is 10.1 Å². The highest BCUT2D eigenvalue weighted by Gasteiger charge is 2.17. The second-order valence-corrected chi connectivity index (χ2v) is 5.07. The van der Waals surface area contributed by atoms with E-state index in [1.165, 1.54) is 6.07 Å². The van der Waals surface area contributed by atoms with Crippen LogP contribution in [0.2, 0.25) is 0 Å². The van der Waals surface area contributed by atoms with E-state index >= 15 is 0 Å². The first kappa shape index (κ1) is 15.5. The fourth-order valence-corrected chi connectivity index (χ4v) is 2.29. The van der Waals surface area contributed by atoms with Crippen molar-refractivity contribution in [2.75, 3.05) is 12.4 Å². The largest absolute Gasteiger partial charge is 0.497 e. The molecular formula is C18H15N3O3. The lowest BCUT2D eigenvalue weighted by atomic mass is 10.1. The number of nitro groups is 1. The molecule has 0 aliphatic carbocycles. The van der Waals surface area contributed by atoms with Crippen molar-refractivity contribution in [1.82, 2.24) is 4.98 Å². The second-order valence-electron chi connectivity index (χ2n) is 5.07. The smallest absolute Gasteiger partial charge is 0.312 e. The van der Waals surface area contributed by atoms with Crippen molar-refractivity contribution in [3.8, 4) is 16.9 Å². The zero-order valence-electron chi connectivity index (χ0n) is 13.0. The standard InChI is InChI=1S/C18H15N3O3/c1-24-16-9-7-13(8-10-16)14-11-17(21(22)23)18(19-12-14)20-15-5-3-2-4-6-15/h2-12H,1H3,(H,19,20). The normalized spacial score (nSPS) is 10.2. The molecule has 0 aliphatic heterocycles. The Hall–Kier alpha value is -3.41. The van der Waals surface area contributed by atoms with Gasteiger partial charge in [0.15, 0.2) is 0 Å². The van der Waals surface area contributed by atoms with Crippen LogP contribution in [0.25, 0.3) is 11.1 Å². The predicted molar refractivity (Wildman–Crippen MR) is 92.6 cm³/mol. The van der Waals surface area contributed by atoms with Crippen molar-refractivity contribution in [3.05, 3.63) is 77.0 Å². The number of aromatic nitrogens is 1. The molecule has 0 saturated carbocycles. The Labute approximate surface area is 138 Å². The van der Waals surface area contributed by atoms with Gasteiger partial charge in [-0.2, -0.15) is 0 Å². The summed E-state index contributed by atoms with van der Waals surface area (Å²) in [6.45, 7) is 0. The van der Waals surface area contributed by atoms with Gasteiger partial charge in [0.25, 0.3) is 0 Å². The molecule has 0 radical (unpaired) electrons. The summed E-state index contributed by atoms with van der Waals surface area (Å²) in [5, 5.41) is 14.4. The predicted octanol–water partition coefficient (Wildman–Crippen LogP) is 4.41. The highest BCUT2D eigenvalue weighted by molar-refractivity contribution is 5.73. The Morgan fingerprint density at radius 1 is 1.04 bits per heavy atom. The van der Waals surface area contributed by atoms with Crippen LogP contribution in [0, 0.1) is 10.1 Å². The number of pyridine rings is 1. The van der Waals surface area contributed by atoms with Crippen molar-refractivity contribution in [1.29, 1.82) is 0 Å². The van der Waals surface area contributed by atoms with Gasteiger partial charge in [-0.3, -0.25) is 10.1 Å². The van der Waals surface area contributed by atoms with E-state index in [2.05, 4.69) is 10.3 Å². The maximum absolute atomic E-state index is 11.4. The van der Waals surface area contributed by atoms with Gasteiger partial charge in [-0.1, -0.05) is 30.3 Å². The summed E-state index contributed by atoms with van der Waals surface area (Å²) in [4.78, 5) is 15.2. The molecule has 24 heavy (non-hydrogen) atoms. The maximum atomic E-state index is 11.4. The molecule has 120 valence electrons. The van der Waals surface area contributed by atoms with E-state index in [1.54, 1.807) is 25.4 Å². The lowest BCUT2D eigenvalue weighted by Gasteiger charge is -2.08. The quantitative estimate of drug-likeness (QED) is 0.556. The van der Waals surface area contributed by atoms with Crippen molar-refractivity contribution < 1.29 is 9.66 Å². The first-order chi connectivity index (χ1) is 11.7. The summed E-state index contributed by atoms with van der Waals surface area (Å²) < 4.78 is 5.12. The van der Waals surface area contributed by atoms with Crippen LogP contribution in [0.3, 0.4) is 0 Å². The minimum atomic E-state index is -0.439. The highest BCUT2D eigenvalue weighted by atomic mass is 16.6. The van der Waals surface area contributed by atoms with Crippen LogP contribution in [-0.4, -0.2) is 17.0 Å². The van der Waals surface area contributed by atoms with E-state index in [1.807, 2.05) is 42.5 Å². The fourth-order valence-electron chi connectivity index (χ4n) is 2.29. The van der Waals surface area contributed by atoms with Crippen LogP contribution >= 0.6 is 0 Å². The summed E-state index contributed by atoms with van der Waals surface area (Å²) in [7, 11) is 1.59. The summed E-state index contributed by atoms with van der Waals surface area (Å²) >= 11 is 0. The fraction of sp³-hybridized carbons (Fsp3) is 0.0556. The van der Waals surface area contributed by atoms with E-state index in [-0.39, 0.29) is 11.5 Å². The van der Waals surface area contributed by atoms with Gasteiger partial charge in [0.05, 0.1) is 12.0 Å². The number of nitrogens with one attached hydrogen (secondary N) is 1.